The maximum absolute atomic E-state index is 13.5. The van der Waals surface area contributed by atoms with Crippen molar-refractivity contribution in [2.45, 2.75) is 77.4 Å². The van der Waals surface area contributed by atoms with E-state index in [0.717, 1.165) is 39.6 Å². The SMILES string of the molecule is COc1cc2c(cc1-c1cn(COCC[Si](C)(C)C)c3nc(NC(=O)[C@@H]4C[C@@H]4F)ccc13)nnn2COCC[Si](C)(C)C. The first-order chi connectivity index (χ1) is 20.3. The molecule has 2 atom stereocenters. The smallest absolute Gasteiger partial charge is 0.231 e. The van der Waals surface area contributed by atoms with Crippen LogP contribution in [0, 0.1) is 5.92 Å². The summed E-state index contributed by atoms with van der Waals surface area (Å²) in [6, 6.07) is 9.69. The van der Waals surface area contributed by atoms with Crippen molar-refractivity contribution in [3.63, 3.8) is 0 Å². The molecule has 10 nitrogen and oxygen atoms in total. The molecule has 1 fully saturated rings. The number of nitrogens with zero attached hydrogens (tertiary/aromatic N) is 5. The van der Waals surface area contributed by atoms with Crippen LogP contribution in [0.2, 0.25) is 51.4 Å². The number of aromatic nitrogens is 5. The lowest BCUT2D eigenvalue weighted by Crippen LogP contribution is -2.22. The van der Waals surface area contributed by atoms with Gasteiger partial charge in [0, 0.05) is 58.1 Å². The first-order valence-corrected chi connectivity index (χ1v) is 22.3. The molecule has 0 saturated heterocycles. The van der Waals surface area contributed by atoms with Gasteiger partial charge in [-0.2, -0.15) is 0 Å². The number of hydrogen-bond donors (Lipinski definition) is 1. The Hall–Kier alpha value is -3.14. The molecule has 0 aliphatic heterocycles. The van der Waals surface area contributed by atoms with Crippen LogP contribution in [0.5, 0.6) is 5.75 Å². The fourth-order valence-electron chi connectivity index (χ4n) is 4.74. The quantitative estimate of drug-likeness (QED) is 0.128. The minimum atomic E-state index is -1.26. The molecule has 1 aromatic carbocycles. The fourth-order valence-corrected chi connectivity index (χ4v) is 6.25. The number of benzene rings is 1. The lowest BCUT2D eigenvalue weighted by atomic mass is 10.0. The van der Waals surface area contributed by atoms with Gasteiger partial charge in [-0.05, 0) is 36.7 Å². The molecule has 1 N–H and O–H groups in total. The van der Waals surface area contributed by atoms with E-state index in [9.17, 15) is 9.18 Å². The monoisotopic (exact) mass is 626 g/mol. The van der Waals surface area contributed by atoms with E-state index in [4.69, 9.17) is 19.2 Å². The molecule has 0 unspecified atom stereocenters. The standard InChI is InChI=1S/C30H43FN6O4Si2/c1-39-27-16-26-25(34-35-37(26)19-41-11-13-43(5,6)7)15-21(27)23-17-36(18-40-10-12-42(2,3)4)29-20(23)8-9-28(32-29)33-30(38)22-14-24(22)31/h8-9,15-17,22,24H,10-14,18-19H2,1-7H3,(H,32,33,38)/t22-,24+/m1/s1. The molecule has 1 aliphatic carbocycles. The first kappa shape index (κ1) is 31.3. The third kappa shape index (κ3) is 7.69. The number of carbonyl (C=O) groups excluding carboxylic acids is 1. The van der Waals surface area contributed by atoms with Gasteiger partial charge in [-0.25, -0.2) is 14.1 Å². The van der Waals surface area contributed by atoms with Crippen molar-refractivity contribution >= 4 is 49.9 Å². The van der Waals surface area contributed by atoms with Crippen LogP contribution in [-0.2, 0) is 27.7 Å². The summed E-state index contributed by atoms with van der Waals surface area (Å²) in [5.74, 6) is 0.102. The van der Waals surface area contributed by atoms with Gasteiger partial charge in [0.05, 0.1) is 18.5 Å². The number of halogens is 1. The summed E-state index contributed by atoms with van der Waals surface area (Å²) in [6.07, 6.45) is 1.18. The number of ether oxygens (including phenoxy) is 3. The van der Waals surface area contributed by atoms with Gasteiger partial charge in [-0.3, -0.25) is 4.79 Å². The number of methoxy groups -OCH3 is 1. The molecule has 13 heteroatoms. The van der Waals surface area contributed by atoms with Gasteiger partial charge in [0.2, 0.25) is 5.91 Å². The van der Waals surface area contributed by atoms with Crippen LogP contribution in [0.25, 0.3) is 33.2 Å². The molecule has 232 valence electrons. The van der Waals surface area contributed by atoms with Crippen molar-refractivity contribution < 1.29 is 23.4 Å². The third-order valence-electron chi connectivity index (χ3n) is 7.58. The van der Waals surface area contributed by atoms with E-state index in [1.165, 1.54) is 0 Å². The van der Waals surface area contributed by atoms with Gasteiger partial charge in [-0.1, -0.05) is 44.5 Å². The predicted octanol–water partition coefficient (Wildman–Crippen LogP) is 6.38. The van der Waals surface area contributed by atoms with Crippen LogP contribution in [0.15, 0.2) is 30.5 Å². The highest BCUT2D eigenvalue weighted by Crippen LogP contribution is 2.39. The zero-order valence-corrected chi connectivity index (χ0v) is 28.2. The highest BCUT2D eigenvalue weighted by atomic mass is 28.3. The van der Waals surface area contributed by atoms with E-state index >= 15 is 0 Å². The number of fused-ring (bicyclic) bond motifs is 2. The van der Waals surface area contributed by atoms with Crippen LogP contribution in [0.4, 0.5) is 10.2 Å². The Balaban J connectivity index is 1.46. The van der Waals surface area contributed by atoms with Crippen LogP contribution < -0.4 is 10.1 Å². The minimum Gasteiger partial charge on any atom is -0.496 e. The highest BCUT2D eigenvalue weighted by Gasteiger charge is 2.43. The summed E-state index contributed by atoms with van der Waals surface area (Å²) >= 11 is 0. The summed E-state index contributed by atoms with van der Waals surface area (Å²) < 4.78 is 35.0. The minimum absolute atomic E-state index is 0.261. The Morgan fingerprint density at radius 2 is 1.70 bits per heavy atom. The van der Waals surface area contributed by atoms with E-state index in [1.54, 1.807) is 17.9 Å². The molecule has 1 aliphatic rings. The Bertz CT molecular complexity index is 1610. The number of anilines is 1. The third-order valence-corrected chi connectivity index (χ3v) is 11.0. The Morgan fingerprint density at radius 1 is 1.02 bits per heavy atom. The Labute approximate surface area is 253 Å². The highest BCUT2D eigenvalue weighted by molar-refractivity contribution is 6.76. The van der Waals surface area contributed by atoms with E-state index in [-0.39, 0.29) is 12.3 Å². The lowest BCUT2D eigenvalue weighted by molar-refractivity contribution is -0.117. The summed E-state index contributed by atoms with van der Waals surface area (Å²) in [4.78, 5) is 17.2. The second-order valence-corrected chi connectivity index (χ2v) is 25.0. The number of alkyl halides is 1. The Kier molecular flexibility index (Phi) is 9.07. The molecule has 0 radical (unpaired) electrons. The lowest BCUT2D eigenvalue weighted by Gasteiger charge is -2.15. The number of nitrogens with one attached hydrogen (secondary N) is 1. The van der Waals surface area contributed by atoms with Crippen molar-refractivity contribution in [1.29, 1.82) is 0 Å². The van der Waals surface area contributed by atoms with E-state index in [2.05, 4.69) is 54.9 Å². The number of rotatable bonds is 14. The summed E-state index contributed by atoms with van der Waals surface area (Å²) in [6.45, 7) is 15.9. The van der Waals surface area contributed by atoms with Crippen molar-refractivity contribution in [3.8, 4) is 16.9 Å². The van der Waals surface area contributed by atoms with Gasteiger partial charge < -0.3 is 24.1 Å². The average molecular weight is 627 g/mol. The number of carbonyl (C=O) groups is 1. The largest absolute Gasteiger partial charge is 0.496 e. The second kappa shape index (κ2) is 12.5. The maximum Gasteiger partial charge on any atom is 0.231 e. The average Bonchev–Trinajstić information content (AvgIpc) is 3.39. The van der Waals surface area contributed by atoms with Gasteiger partial charge in [0.1, 0.15) is 42.4 Å². The zero-order chi connectivity index (χ0) is 30.9. The van der Waals surface area contributed by atoms with Crippen LogP contribution in [0.3, 0.4) is 0 Å². The molecule has 0 spiro atoms. The first-order valence-electron chi connectivity index (χ1n) is 14.8. The molecule has 1 saturated carbocycles. The van der Waals surface area contributed by atoms with Gasteiger partial charge in [0.15, 0.2) is 0 Å². The van der Waals surface area contributed by atoms with Crippen molar-refractivity contribution in [3.05, 3.63) is 30.5 Å². The summed E-state index contributed by atoms with van der Waals surface area (Å²) in [5, 5.41) is 12.4. The molecule has 5 rings (SSSR count). The zero-order valence-electron chi connectivity index (χ0n) is 26.2. The normalized spacial score (nSPS) is 17.1. The number of amides is 1. The summed E-state index contributed by atoms with van der Waals surface area (Å²) in [5.41, 5.74) is 3.92. The molecule has 3 aromatic heterocycles. The second-order valence-electron chi connectivity index (χ2n) is 13.8. The van der Waals surface area contributed by atoms with Gasteiger partial charge in [-0.15, -0.1) is 5.10 Å². The molecular formula is C30H43FN6O4Si2. The Morgan fingerprint density at radius 3 is 2.33 bits per heavy atom. The molecule has 43 heavy (non-hydrogen) atoms. The van der Waals surface area contributed by atoms with Crippen LogP contribution in [0.1, 0.15) is 6.42 Å². The van der Waals surface area contributed by atoms with Crippen molar-refractivity contribution in [2.24, 2.45) is 5.92 Å². The molecule has 0 bridgehead atoms. The summed E-state index contributed by atoms with van der Waals surface area (Å²) in [7, 11) is -0.804. The number of pyridine rings is 1. The molecule has 4 aromatic rings. The van der Waals surface area contributed by atoms with E-state index in [1.807, 2.05) is 29.0 Å². The predicted molar refractivity (Wildman–Crippen MR) is 173 cm³/mol. The van der Waals surface area contributed by atoms with Crippen LogP contribution in [-0.4, -0.2) is 73.1 Å². The fraction of sp³-hybridized carbons (Fsp3) is 0.533. The molecule has 3 heterocycles. The number of hydrogen-bond acceptors (Lipinski definition) is 7. The maximum atomic E-state index is 13.5. The molecular weight excluding hydrogens is 584 g/mol. The van der Waals surface area contributed by atoms with E-state index < -0.39 is 28.2 Å². The van der Waals surface area contributed by atoms with Crippen LogP contribution >= 0.6 is 0 Å². The van der Waals surface area contributed by atoms with Gasteiger partial charge in [0.25, 0.3) is 0 Å². The molecule has 1 amide bonds. The van der Waals surface area contributed by atoms with Gasteiger partial charge >= 0.3 is 0 Å². The topological polar surface area (TPSA) is 105 Å². The van der Waals surface area contributed by atoms with Crippen molar-refractivity contribution in [1.82, 2.24) is 24.5 Å². The van der Waals surface area contributed by atoms with E-state index in [0.29, 0.717) is 43.9 Å². The van der Waals surface area contributed by atoms with Crippen molar-refractivity contribution in [2.75, 3.05) is 25.6 Å².